The number of imidazole rings is 1. The van der Waals surface area contributed by atoms with Gasteiger partial charge in [0.05, 0.1) is 11.7 Å². The van der Waals surface area contributed by atoms with Crippen LogP contribution in [0.2, 0.25) is 5.02 Å². The van der Waals surface area contributed by atoms with Crippen molar-refractivity contribution in [1.29, 1.82) is 0 Å². The van der Waals surface area contributed by atoms with Crippen molar-refractivity contribution in [2.45, 2.75) is 11.9 Å². The average molecular weight is 271 g/mol. The molecule has 3 nitrogen and oxygen atoms in total. The van der Waals surface area contributed by atoms with Crippen molar-refractivity contribution >= 4 is 23.2 Å². The number of ether oxygens (including phenoxy) is 1. The molecule has 1 atom stereocenters. The minimum atomic E-state index is -0.0973. The Hall–Kier alpha value is -1.19. The molecule has 17 heavy (non-hydrogen) atoms. The van der Waals surface area contributed by atoms with Gasteiger partial charge < -0.3 is 9.30 Å². The van der Waals surface area contributed by atoms with E-state index in [0.29, 0.717) is 18.2 Å². The van der Waals surface area contributed by atoms with Crippen molar-refractivity contribution in [2.75, 3.05) is 6.61 Å². The number of rotatable bonds is 5. The van der Waals surface area contributed by atoms with Gasteiger partial charge in [-0.05, 0) is 24.3 Å². The van der Waals surface area contributed by atoms with Crippen LogP contribution in [0.3, 0.4) is 0 Å². The molecule has 0 amide bonds. The highest BCUT2D eigenvalue weighted by Gasteiger charge is 2.06. The molecule has 1 heterocycles. The summed E-state index contributed by atoms with van der Waals surface area (Å²) in [6.45, 7) is 1.12. The Morgan fingerprint density at radius 3 is 2.71 bits per heavy atom. The monoisotopic (exact) mass is 270 g/mol. The highest BCUT2D eigenvalue weighted by atomic mass is 35.5. The lowest BCUT2D eigenvalue weighted by Crippen LogP contribution is -2.17. The molecule has 1 aromatic heterocycles. The largest absolute Gasteiger partial charge is 0.492 e. The Bertz CT molecular complexity index is 442. The zero-order valence-corrected chi connectivity index (χ0v) is 10.6. The lowest BCUT2D eigenvalue weighted by Gasteiger charge is -2.11. The molecule has 0 radical (unpaired) electrons. The zero-order valence-electron chi connectivity index (χ0n) is 9.09. The molecule has 0 saturated heterocycles. The van der Waals surface area contributed by atoms with Gasteiger partial charge in [-0.25, -0.2) is 4.98 Å². The number of alkyl halides is 1. The van der Waals surface area contributed by atoms with E-state index in [1.165, 1.54) is 0 Å². The summed E-state index contributed by atoms with van der Waals surface area (Å²) in [5.41, 5.74) is 0. The van der Waals surface area contributed by atoms with Gasteiger partial charge in [-0.3, -0.25) is 0 Å². The summed E-state index contributed by atoms with van der Waals surface area (Å²) in [7, 11) is 0. The molecule has 0 spiro atoms. The molecular formula is C12H12Cl2N2O. The van der Waals surface area contributed by atoms with Crippen molar-refractivity contribution in [3.05, 3.63) is 48.0 Å². The molecule has 90 valence electrons. The Morgan fingerprint density at radius 2 is 2.06 bits per heavy atom. The van der Waals surface area contributed by atoms with Gasteiger partial charge >= 0.3 is 0 Å². The number of nitrogens with zero attached hydrogens (tertiary/aromatic N) is 2. The zero-order chi connectivity index (χ0) is 12.1. The van der Waals surface area contributed by atoms with E-state index in [0.717, 1.165) is 5.75 Å². The van der Waals surface area contributed by atoms with E-state index in [4.69, 9.17) is 27.9 Å². The quantitative estimate of drug-likeness (QED) is 0.781. The van der Waals surface area contributed by atoms with E-state index in [-0.39, 0.29) is 5.38 Å². The molecule has 0 N–H and O–H groups in total. The van der Waals surface area contributed by atoms with Crippen molar-refractivity contribution in [2.24, 2.45) is 0 Å². The maximum Gasteiger partial charge on any atom is 0.119 e. The van der Waals surface area contributed by atoms with E-state index < -0.39 is 0 Å². The summed E-state index contributed by atoms with van der Waals surface area (Å²) in [6.07, 6.45) is 5.33. The van der Waals surface area contributed by atoms with Crippen LogP contribution < -0.4 is 4.74 Å². The van der Waals surface area contributed by atoms with Crippen molar-refractivity contribution in [3.63, 3.8) is 0 Å². The van der Waals surface area contributed by atoms with E-state index in [1.54, 1.807) is 24.7 Å². The van der Waals surface area contributed by atoms with Crippen LogP contribution in [-0.4, -0.2) is 21.5 Å². The lowest BCUT2D eigenvalue weighted by molar-refractivity contribution is 0.305. The molecule has 0 fully saturated rings. The van der Waals surface area contributed by atoms with Crippen LogP contribution in [0.4, 0.5) is 0 Å². The first-order chi connectivity index (χ1) is 8.24. The van der Waals surface area contributed by atoms with Gasteiger partial charge in [-0.2, -0.15) is 0 Å². The molecule has 0 aliphatic rings. The second-order valence-corrected chi connectivity index (χ2v) is 4.68. The summed E-state index contributed by atoms with van der Waals surface area (Å²) >= 11 is 11.9. The van der Waals surface area contributed by atoms with Gasteiger partial charge in [0.15, 0.2) is 0 Å². The number of hydrogen-bond donors (Lipinski definition) is 0. The lowest BCUT2D eigenvalue weighted by atomic mass is 10.3. The van der Waals surface area contributed by atoms with Crippen molar-refractivity contribution in [3.8, 4) is 5.75 Å². The molecule has 0 saturated carbocycles. The van der Waals surface area contributed by atoms with Gasteiger partial charge in [-0.1, -0.05) is 11.6 Å². The third-order valence-corrected chi connectivity index (χ3v) is 2.73. The summed E-state index contributed by atoms with van der Waals surface area (Å²) < 4.78 is 7.47. The van der Waals surface area contributed by atoms with Gasteiger partial charge in [0, 0.05) is 24.0 Å². The van der Waals surface area contributed by atoms with Crippen LogP contribution >= 0.6 is 23.2 Å². The summed E-state index contributed by atoms with van der Waals surface area (Å²) in [4.78, 5) is 3.95. The molecule has 0 aliphatic heterocycles. The van der Waals surface area contributed by atoms with Crippen LogP contribution in [-0.2, 0) is 6.54 Å². The average Bonchev–Trinajstić information content (AvgIpc) is 2.81. The van der Waals surface area contributed by atoms with E-state index >= 15 is 0 Å². The smallest absolute Gasteiger partial charge is 0.119 e. The first kappa shape index (κ1) is 12.3. The van der Waals surface area contributed by atoms with E-state index in [1.807, 2.05) is 22.9 Å². The third-order valence-electron chi connectivity index (χ3n) is 2.21. The molecule has 1 aromatic carbocycles. The minimum Gasteiger partial charge on any atom is -0.492 e. The molecule has 0 aliphatic carbocycles. The second-order valence-electron chi connectivity index (χ2n) is 3.62. The fraction of sp³-hybridized carbons (Fsp3) is 0.250. The number of benzene rings is 1. The Kier molecular flexibility index (Phi) is 4.29. The Labute approximate surface area is 110 Å². The van der Waals surface area contributed by atoms with Gasteiger partial charge in [-0.15, -0.1) is 11.6 Å². The predicted molar refractivity (Wildman–Crippen MR) is 68.8 cm³/mol. The molecule has 5 heteroatoms. The van der Waals surface area contributed by atoms with Crippen molar-refractivity contribution < 1.29 is 4.74 Å². The molecule has 0 bridgehead atoms. The maximum atomic E-state index is 6.15. The van der Waals surface area contributed by atoms with Gasteiger partial charge in [0.1, 0.15) is 12.4 Å². The normalized spacial score (nSPS) is 12.4. The summed E-state index contributed by atoms with van der Waals surface area (Å²) in [6, 6.07) is 7.22. The van der Waals surface area contributed by atoms with E-state index in [2.05, 4.69) is 4.98 Å². The second kappa shape index (κ2) is 5.94. The fourth-order valence-corrected chi connectivity index (χ4v) is 1.74. The number of aromatic nitrogens is 2. The van der Waals surface area contributed by atoms with Crippen LogP contribution in [0.15, 0.2) is 43.0 Å². The predicted octanol–water partition coefficient (Wildman–Crippen LogP) is 3.22. The Morgan fingerprint density at radius 1 is 1.29 bits per heavy atom. The molecule has 2 rings (SSSR count). The van der Waals surface area contributed by atoms with Crippen molar-refractivity contribution in [1.82, 2.24) is 9.55 Å². The standard InChI is InChI=1S/C12H12Cl2N2O/c13-10-1-3-12(4-2-10)17-8-11(14)7-16-6-5-15-9-16/h1-6,9,11H,7-8H2. The topological polar surface area (TPSA) is 27.1 Å². The first-order valence-electron chi connectivity index (χ1n) is 5.22. The van der Waals surface area contributed by atoms with Crippen LogP contribution in [0.5, 0.6) is 5.75 Å². The molecule has 1 unspecified atom stereocenters. The first-order valence-corrected chi connectivity index (χ1v) is 6.03. The number of halogens is 2. The highest BCUT2D eigenvalue weighted by Crippen LogP contribution is 2.16. The molecule has 2 aromatic rings. The van der Waals surface area contributed by atoms with Crippen LogP contribution in [0.25, 0.3) is 0 Å². The van der Waals surface area contributed by atoms with Crippen LogP contribution in [0.1, 0.15) is 0 Å². The third kappa shape index (κ3) is 3.95. The fourth-order valence-electron chi connectivity index (χ4n) is 1.39. The SMILES string of the molecule is Clc1ccc(OCC(Cl)Cn2ccnc2)cc1. The minimum absolute atomic E-state index is 0.0973. The summed E-state index contributed by atoms with van der Waals surface area (Å²) in [5.74, 6) is 0.769. The maximum absolute atomic E-state index is 6.15. The summed E-state index contributed by atoms with van der Waals surface area (Å²) in [5, 5.41) is 0.595. The van der Waals surface area contributed by atoms with Gasteiger partial charge in [0.2, 0.25) is 0 Å². The molecular weight excluding hydrogens is 259 g/mol. The van der Waals surface area contributed by atoms with Crippen LogP contribution in [0, 0.1) is 0 Å². The Balaban J connectivity index is 1.79. The van der Waals surface area contributed by atoms with E-state index in [9.17, 15) is 0 Å². The number of hydrogen-bond acceptors (Lipinski definition) is 2. The highest BCUT2D eigenvalue weighted by molar-refractivity contribution is 6.30. The van der Waals surface area contributed by atoms with Gasteiger partial charge in [0.25, 0.3) is 0 Å².